The Morgan fingerprint density at radius 1 is 1.17 bits per heavy atom. The van der Waals surface area contributed by atoms with E-state index >= 15 is 0 Å². The molecule has 1 aromatic heterocycles. The second kappa shape index (κ2) is 6.80. The van der Waals surface area contributed by atoms with Gasteiger partial charge in [-0.05, 0) is 17.7 Å². The number of carbonyl (C=O) groups is 1. The van der Waals surface area contributed by atoms with E-state index in [1.165, 1.54) is 7.11 Å². The summed E-state index contributed by atoms with van der Waals surface area (Å²) < 4.78 is 6.56. The molecule has 2 aromatic carbocycles. The van der Waals surface area contributed by atoms with Crippen LogP contribution in [0.25, 0.3) is 11.4 Å². The van der Waals surface area contributed by atoms with Crippen molar-refractivity contribution < 1.29 is 9.53 Å². The van der Waals surface area contributed by atoms with E-state index in [0.717, 1.165) is 17.0 Å². The zero-order valence-electron chi connectivity index (χ0n) is 13.1. The molecular formula is C19H15N3O2. The Morgan fingerprint density at radius 2 is 1.88 bits per heavy atom. The molecule has 3 aromatic rings. The number of carbonyl (C=O) groups excluding carboxylic acids is 1. The van der Waals surface area contributed by atoms with Crippen molar-refractivity contribution >= 4 is 5.97 Å². The van der Waals surface area contributed by atoms with Crippen LogP contribution in [0.1, 0.15) is 21.6 Å². The summed E-state index contributed by atoms with van der Waals surface area (Å²) in [5, 5.41) is 9.33. The summed E-state index contributed by atoms with van der Waals surface area (Å²) in [6, 6.07) is 19.0. The highest BCUT2D eigenvalue weighted by Crippen LogP contribution is 2.21. The third-order valence-corrected chi connectivity index (χ3v) is 3.72. The largest absolute Gasteiger partial charge is 0.465 e. The predicted molar refractivity (Wildman–Crippen MR) is 89.3 cm³/mol. The Labute approximate surface area is 139 Å². The molecule has 5 heteroatoms. The monoisotopic (exact) mass is 317 g/mol. The van der Waals surface area contributed by atoms with Gasteiger partial charge < -0.3 is 9.30 Å². The summed E-state index contributed by atoms with van der Waals surface area (Å²) in [4.78, 5) is 15.9. The van der Waals surface area contributed by atoms with Gasteiger partial charge in [0.05, 0.1) is 25.4 Å². The topological polar surface area (TPSA) is 67.9 Å². The first-order valence-electron chi connectivity index (χ1n) is 7.41. The van der Waals surface area contributed by atoms with Gasteiger partial charge in [-0.3, -0.25) is 0 Å². The molecule has 0 aliphatic carbocycles. The average molecular weight is 317 g/mol. The zero-order chi connectivity index (χ0) is 16.9. The molecular weight excluding hydrogens is 302 g/mol. The van der Waals surface area contributed by atoms with E-state index in [0.29, 0.717) is 17.8 Å². The maximum atomic E-state index is 11.5. The Kier molecular flexibility index (Phi) is 4.39. The number of benzene rings is 2. The van der Waals surface area contributed by atoms with Crippen LogP contribution in [0.15, 0.2) is 60.8 Å². The Hall–Kier alpha value is -3.39. The number of aromatic nitrogens is 2. The molecule has 0 amide bonds. The summed E-state index contributed by atoms with van der Waals surface area (Å²) >= 11 is 0. The number of imidazole rings is 1. The fourth-order valence-electron chi connectivity index (χ4n) is 2.49. The van der Waals surface area contributed by atoms with Gasteiger partial charge in [0.2, 0.25) is 0 Å². The first kappa shape index (κ1) is 15.5. The SMILES string of the molecule is COC(=O)c1ccc(Cn2c(C#N)cnc2-c2ccccc2)cc1. The number of rotatable bonds is 4. The summed E-state index contributed by atoms with van der Waals surface area (Å²) in [5.74, 6) is 0.371. The second-order valence-electron chi connectivity index (χ2n) is 5.22. The molecule has 0 saturated heterocycles. The van der Waals surface area contributed by atoms with Crippen LogP contribution in [0.4, 0.5) is 0 Å². The zero-order valence-corrected chi connectivity index (χ0v) is 13.1. The quantitative estimate of drug-likeness (QED) is 0.693. The molecule has 0 aliphatic rings. The minimum absolute atomic E-state index is 0.369. The van der Waals surface area contributed by atoms with Crippen LogP contribution in [-0.2, 0) is 11.3 Å². The van der Waals surface area contributed by atoms with Gasteiger partial charge >= 0.3 is 5.97 Å². The second-order valence-corrected chi connectivity index (χ2v) is 5.22. The fraction of sp³-hybridized carbons (Fsp3) is 0.105. The molecule has 5 nitrogen and oxygen atoms in total. The van der Waals surface area contributed by atoms with E-state index in [9.17, 15) is 10.1 Å². The molecule has 0 bridgehead atoms. The van der Waals surface area contributed by atoms with Gasteiger partial charge in [-0.25, -0.2) is 9.78 Å². The average Bonchev–Trinajstić information content (AvgIpc) is 3.05. The summed E-state index contributed by atoms with van der Waals surface area (Å²) in [6.45, 7) is 0.495. The third kappa shape index (κ3) is 3.03. The van der Waals surface area contributed by atoms with E-state index in [1.807, 2.05) is 47.0 Å². The van der Waals surface area contributed by atoms with E-state index in [4.69, 9.17) is 4.74 Å². The third-order valence-electron chi connectivity index (χ3n) is 3.72. The highest BCUT2D eigenvalue weighted by Gasteiger charge is 2.12. The van der Waals surface area contributed by atoms with Gasteiger partial charge in [-0.15, -0.1) is 0 Å². The molecule has 0 spiro atoms. The summed E-state index contributed by atoms with van der Waals surface area (Å²) in [7, 11) is 1.35. The molecule has 3 rings (SSSR count). The first-order valence-corrected chi connectivity index (χ1v) is 7.41. The van der Waals surface area contributed by atoms with Gasteiger partial charge in [0.15, 0.2) is 0 Å². The van der Waals surface area contributed by atoms with Crippen LogP contribution in [0, 0.1) is 11.3 Å². The lowest BCUT2D eigenvalue weighted by Crippen LogP contribution is -2.06. The van der Waals surface area contributed by atoms with E-state index in [2.05, 4.69) is 11.1 Å². The summed E-state index contributed by atoms with van der Waals surface area (Å²) in [6.07, 6.45) is 1.57. The highest BCUT2D eigenvalue weighted by atomic mass is 16.5. The van der Waals surface area contributed by atoms with Crippen molar-refractivity contribution in [3.05, 3.63) is 77.6 Å². The molecule has 0 fully saturated rings. The number of hydrogen-bond acceptors (Lipinski definition) is 4. The molecule has 0 N–H and O–H groups in total. The molecule has 0 aliphatic heterocycles. The minimum atomic E-state index is -0.369. The fourth-order valence-corrected chi connectivity index (χ4v) is 2.49. The molecule has 0 saturated carbocycles. The summed E-state index contributed by atoms with van der Waals surface area (Å²) in [5.41, 5.74) is 2.90. The van der Waals surface area contributed by atoms with Gasteiger partial charge in [-0.2, -0.15) is 5.26 Å². The van der Waals surface area contributed by atoms with Crippen molar-refractivity contribution in [1.29, 1.82) is 5.26 Å². The number of nitriles is 1. The Balaban J connectivity index is 1.94. The number of hydrogen-bond donors (Lipinski definition) is 0. The predicted octanol–water partition coefficient (Wildman–Crippen LogP) is 3.26. The van der Waals surface area contributed by atoms with Crippen molar-refractivity contribution in [2.45, 2.75) is 6.54 Å². The number of esters is 1. The number of ether oxygens (including phenoxy) is 1. The molecule has 1 heterocycles. The molecule has 118 valence electrons. The van der Waals surface area contributed by atoms with Crippen molar-refractivity contribution in [1.82, 2.24) is 9.55 Å². The lowest BCUT2D eigenvalue weighted by Gasteiger charge is -2.10. The van der Waals surface area contributed by atoms with Crippen LogP contribution in [-0.4, -0.2) is 22.6 Å². The van der Waals surface area contributed by atoms with Crippen molar-refractivity contribution in [2.75, 3.05) is 7.11 Å². The van der Waals surface area contributed by atoms with Crippen molar-refractivity contribution in [3.8, 4) is 17.5 Å². The standard InChI is InChI=1S/C19H15N3O2/c1-24-19(23)16-9-7-14(8-10-16)13-22-17(11-20)12-21-18(22)15-5-3-2-4-6-15/h2-10,12H,13H2,1H3. The molecule has 0 radical (unpaired) electrons. The van der Waals surface area contributed by atoms with E-state index < -0.39 is 0 Å². The van der Waals surface area contributed by atoms with Crippen LogP contribution in [0.3, 0.4) is 0 Å². The first-order chi connectivity index (χ1) is 11.7. The lowest BCUT2D eigenvalue weighted by molar-refractivity contribution is 0.0600. The van der Waals surface area contributed by atoms with Crippen molar-refractivity contribution in [2.24, 2.45) is 0 Å². The molecule has 24 heavy (non-hydrogen) atoms. The maximum Gasteiger partial charge on any atom is 0.337 e. The number of nitrogens with zero attached hydrogens (tertiary/aromatic N) is 3. The van der Waals surface area contributed by atoms with E-state index in [1.54, 1.807) is 18.3 Å². The maximum absolute atomic E-state index is 11.5. The van der Waals surface area contributed by atoms with Gasteiger partial charge in [0.25, 0.3) is 0 Å². The number of methoxy groups -OCH3 is 1. The molecule has 0 unspecified atom stereocenters. The van der Waals surface area contributed by atoms with Crippen molar-refractivity contribution in [3.63, 3.8) is 0 Å². The lowest BCUT2D eigenvalue weighted by atomic mass is 10.1. The smallest absolute Gasteiger partial charge is 0.337 e. The Bertz CT molecular complexity index is 891. The normalized spacial score (nSPS) is 10.2. The minimum Gasteiger partial charge on any atom is -0.465 e. The highest BCUT2D eigenvalue weighted by molar-refractivity contribution is 5.89. The van der Waals surface area contributed by atoms with Crippen LogP contribution < -0.4 is 0 Å². The molecule has 0 atom stereocenters. The van der Waals surface area contributed by atoms with Crippen LogP contribution in [0.2, 0.25) is 0 Å². The van der Waals surface area contributed by atoms with Gasteiger partial charge in [-0.1, -0.05) is 42.5 Å². The Morgan fingerprint density at radius 3 is 2.50 bits per heavy atom. The van der Waals surface area contributed by atoms with Crippen LogP contribution in [0.5, 0.6) is 0 Å². The van der Waals surface area contributed by atoms with Crippen LogP contribution >= 0.6 is 0 Å². The van der Waals surface area contributed by atoms with E-state index in [-0.39, 0.29) is 5.97 Å². The van der Waals surface area contributed by atoms with Gasteiger partial charge in [0, 0.05) is 5.56 Å². The van der Waals surface area contributed by atoms with Gasteiger partial charge in [0.1, 0.15) is 17.6 Å².